The van der Waals surface area contributed by atoms with Crippen molar-refractivity contribution in [1.29, 1.82) is 0 Å². The summed E-state index contributed by atoms with van der Waals surface area (Å²) in [4.78, 5) is 0. The summed E-state index contributed by atoms with van der Waals surface area (Å²) in [6, 6.07) is 0. The molecular weight excluding hydrogens is 132 g/mol. The molecular formula is C7H12O3. The van der Waals surface area contributed by atoms with Crippen LogP contribution in [-0.2, 0) is 9.47 Å². The van der Waals surface area contributed by atoms with E-state index in [9.17, 15) is 5.11 Å². The largest absolute Gasteiger partial charge is 0.388 e. The van der Waals surface area contributed by atoms with Crippen molar-refractivity contribution in [3.05, 3.63) is 0 Å². The molecule has 0 aromatic rings. The number of fused-ring (bicyclic) bond motifs is 1. The second-order valence-electron chi connectivity index (χ2n) is 3.10. The summed E-state index contributed by atoms with van der Waals surface area (Å²) < 4.78 is 10.6. The van der Waals surface area contributed by atoms with E-state index in [1.807, 2.05) is 13.8 Å². The fourth-order valence-corrected chi connectivity index (χ4v) is 1.55. The molecule has 10 heavy (non-hydrogen) atoms. The normalized spacial score (nSPS) is 59.7. The van der Waals surface area contributed by atoms with Gasteiger partial charge in [0.05, 0.1) is 12.2 Å². The Hall–Kier alpha value is -0.120. The Balaban J connectivity index is 2.05. The van der Waals surface area contributed by atoms with E-state index in [1.165, 1.54) is 0 Å². The Bertz CT molecular complexity index is 146. The van der Waals surface area contributed by atoms with Crippen molar-refractivity contribution < 1.29 is 14.6 Å². The van der Waals surface area contributed by atoms with Crippen LogP contribution in [0.4, 0.5) is 0 Å². The fourth-order valence-electron chi connectivity index (χ4n) is 1.55. The van der Waals surface area contributed by atoms with Gasteiger partial charge in [0.1, 0.15) is 18.3 Å². The fraction of sp³-hybridized carbons (Fsp3) is 1.00. The molecule has 0 radical (unpaired) electrons. The maximum atomic E-state index is 9.36. The molecule has 2 rings (SSSR count). The second kappa shape index (κ2) is 1.94. The number of aliphatic hydroxyl groups excluding tert-OH is 1. The lowest BCUT2D eigenvalue weighted by molar-refractivity contribution is -0.0836. The van der Waals surface area contributed by atoms with Gasteiger partial charge in [-0.3, -0.25) is 0 Å². The van der Waals surface area contributed by atoms with Crippen molar-refractivity contribution in [2.45, 2.75) is 44.4 Å². The Kier molecular flexibility index (Phi) is 1.27. The number of hydrogen-bond donors (Lipinski definition) is 1. The van der Waals surface area contributed by atoms with Crippen molar-refractivity contribution in [2.75, 3.05) is 0 Å². The number of ether oxygens (including phenoxy) is 2. The highest BCUT2D eigenvalue weighted by Gasteiger charge is 2.54. The lowest BCUT2D eigenvalue weighted by atomic mass is 10.0. The lowest BCUT2D eigenvalue weighted by Crippen LogP contribution is -2.42. The van der Waals surface area contributed by atoms with Crippen molar-refractivity contribution in [3.8, 4) is 0 Å². The highest BCUT2D eigenvalue weighted by Crippen LogP contribution is 2.36. The number of rotatable bonds is 0. The van der Waals surface area contributed by atoms with Crippen LogP contribution < -0.4 is 0 Å². The van der Waals surface area contributed by atoms with Crippen molar-refractivity contribution >= 4 is 0 Å². The zero-order valence-electron chi connectivity index (χ0n) is 6.15. The number of hydrogen-bond acceptors (Lipinski definition) is 3. The van der Waals surface area contributed by atoms with Gasteiger partial charge in [-0.1, -0.05) is 0 Å². The topological polar surface area (TPSA) is 42.0 Å². The first-order chi connectivity index (χ1) is 4.70. The van der Waals surface area contributed by atoms with Gasteiger partial charge < -0.3 is 14.6 Å². The highest BCUT2D eigenvalue weighted by molar-refractivity contribution is 5.00. The first-order valence-corrected chi connectivity index (χ1v) is 3.69. The molecule has 0 bridgehead atoms. The molecule has 0 aliphatic carbocycles. The molecule has 0 aromatic heterocycles. The van der Waals surface area contributed by atoms with Crippen LogP contribution >= 0.6 is 0 Å². The van der Waals surface area contributed by atoms with Crippen LogP contribution in [0.15, 0.2) is 0 Å². The third kappa shape index (κ3) is 0.779. The third-order valence-corrected chi connectivity index (χ3v) is 2.27. The van der Waals surface area contributed by atoms with Crippen LogP contribution in [0, 0.1) is 0 Å². The average molecular weight is 144 g/mol. The molecule has 1 N–H and O–H groups in total. The van der Waals surface area contributed by atoms with Crippen molar-refractivity contribution in [3.63, 3.8) is 0 Å². The summed E-state index contributed by atoms with van der Waals surface area (Å²) >= 11 is 0. The Morgan fingerprint density at radius 3 is 2.40 bits per heavy atom. The smallest absolute Gasteiger partial charge is 0.115 e. The molecule has 2 heterocycles. The highest BCUT2D eigenvalue weighted by atomic mass is 16.7. The van der Waals surface area contributed by atoms with E-state index in [2.05, 4.69) is 0 Å². The van der Waals surface area contributed by atoms with E-state index in [0.717, 1.165) is 0 Å². The van der Waals surface area contributed by atoms with Gasteiger partial charge in [0, 0.05) is 0 Å². The summed E-state index contributed by atoms with van der Waals surface area (Å²) in [7, 11) is 0. The summed E-state index contributed by atoms with van der Waals surface area (Å²) in [5.74, 6) is 0. The molecule has 2 aliphatic heterocycles. The van der Waals surface area contributed by atoms with Crippen LogP contribution in [0.2, 0.25) is 0 Å². The van der Waals surface area contributed by atoms with Gasteiger partial charge in [-0.15, -0.1) is 0 Å². The van der Waals surface area contributed by atoms with Gasteiger partial charge in [0.2, 0.25) is 0 Å². The SMILES string of the molecule is C[C@@H]1O[C@H](C)C2OC2[C@H]1O. The molecule has 3 nitrogen and oxygen atoms in total. The van der Waals surface area contributed by atoms with Gasteiger partial charge in [-0.2, -0.15) is 0 Å². The molecule has 2 unspecified atom stereocenters. The molecule has 5 atom stereocenters. The quantitative estimate of drug-likeness (QED) is 0.483. The first-order valence-electron chi connectivity index (χ1n) is 3.69. The zero-order chi connectivity index (χ0) is 7.30. The molecule has 2 saturated heterocycles. The summed E-state index contributed by atoms with van der Waals surface area (Å²) in [5, 5.41) is 9.36. The average Bonchev–Trinajstić information content (AvgIpc) is 2.61. The van der Waals surface area contributed by atoms with Gasteiger partial charge >= 0.3 is 0 Å². The first kappa shape index (κ1) is 6.58. The maximum Gasteiger partial charge on any atom is 0.115 e. The summed E-state index contributed by atoms with van der Waals surface area (Å²) in [6.07, 6.45) is -0.117. The Morgan fingerprint density at radius 1 is 1.00 bits per heavy atom. The Labute approximate surface area is 59.9 Å². The number of epoxide rings is 1. The summed E-state index contributed by atoms with van der Waals surface area (Å²) in [6.45, 7) is 3.85. The number of aliphatic hydroxyl groups is 1. The van der Waals surface area contributed by atoms with Crippen LogP contribution in [-0.4, -0.2) is 35.6 Å². The van der Waals surface area contributed by atoms with E-state index in [1.54, 1.807) is 0 Å². The zero-order valence-corrected chi connectivity index (χ0v) is 6.15. The predicted octanol–water partition coefficient (Wildman–Crippen LogP) is -0.0781. The molecule has 0 saturated carbocycles. The third-order valence-electron chi connectivity index (χ3n) is 2.27. The van der Waals surface area contributed by atoms with E-state index >= 15 is 0 Å². The lowest BCUT2D eigenvalue weighted by Gasteiger charge is -2.25. The minimum atomic E-state index is -0.416. The molecule has 3 heteroatoms. The second-order valence-corrected chi connectivity index (χ2v) is 3.10. The molecule has 58 valence electrons. The standard InChI is InChI=1S/C7H12O3/c1-3-5(8)7-6(10-7)4(2)9-3/h3-8H,1-2H3/t3-,4+,5-,6?,7?/m0/s1. The van der Waals surface area contributed by atoms with E-state index in [-0.39, 0.29) is 24.4 Å². The van der Waals surface area contributed by atoms with Crippen LogP contribution in [0.1, 0.15) is 13.8 Å². The molecule has 2 fully saturated rings. The van der Waals surface area contributed by atoms with Gasteiger partial charge in [0.25, 0.3) is 0 Å². The maximum absolute atomic E-state index is 9.36. The molecule has 0 aromatic carbocycles. The summed E-state index contributed by atoms with van der Waals surface area (Å²) in [5.41, 5.74) is 0. The van der Waals surface area contributed by atoms with Crippen LogP contribution in [0.3, 0.4) is 0 Å². The van der Waals surface area contributed by atoms with E-state index in [0.29, 0.717) is 0 Å². The molecule has 2 aliphatic rings. The minimum absolute atomic E-state index is 0.0544. The van der Waals surface area contributed by atoms with Gasteiger partial charge in [0.15, 0.2) is 0 Å². The van der Waals surface area contributed by atoms with Crippen molar-refractivity contribution in [2.24, 2.45) is 0 Å². The van der Waals surface area contributed by atoms with Crippen LogP contribution in [0.25, 0.3) is 0 Å². The Morgan fingerprint density at radius 2 is 1.70 bits per heavy atom. The molecule has 0 spiro atoms. The van der Waals surface area contributed by atoms with Crippen molar-refractivity contribution in [1.82, 2.24) is 0 Å². The monoisotopic (exact) mass is 144 g/mol. The molecule has 0 amide bonds. The van der Waals surface area contributed by atoms with E-state index < -0.39 is 6.10 Å². The predicted molar refractivity (Wildman–Crippen MR) is 34.7 cm³/mol. The van der Waals surface area contributed by atoms with E-state index in [4.69, 9.17) is 9.47 Å². The van der Waals surface area contributed by atoms with Gasteiger partial charge in [-0.05, 0) is 13.8 Å². The van der Waals surface area contributed by atoms with Crippen LogP contribution in [0.5, 0.6) is 0 Å². The van der Waals surface area contributed by atoms with Gasteiger partial charge in [-0.25, -0.2) is 0 Å². The minimum Gasteiger partial charge on any atom is -0.388 e.